The van der Waals surface area contributed by atoms with Crippen molar-refractivity contribution >= 4 is 11.9 Å². The topological polar surface area (TPSA) is 93.1 Å². The molecule has 2 N–H and O–H groups in total. The summed E-state index contributed by atoms with van der Waals surface area (Å²) in [5.74, 6) is -1.86. The average Bonchev–Trinajstić information content (AvgIpc) is 2.69. The Balaban J connectivity index is 2.07. The summed E-state index contributed by atoms with van der Waals surface area (Å²) in [5, 5.41) is 21.5. The summed E-state index contributed by atoms with van der Waals surface area (Å²) in [4.78, 5) is 23.5. The second kappa shape index (κ2) is 5.05. The molecular weight excluding hydrogens is 300 g/mol. The number of hydrogen-bond acceptors (Lipinski definition) is 6. The molecule has 0 bridgehead atoms. The maximum absolute atomic E-state index is 12.0. The van der Waals surface area contributed by atoms with Crippen molar-refractivity contribution in [3.8, 4) is 0 Å². The highest BCUT2D eigenvalue weighted by Gasteiger charge is 2.66. The first-order valence-electron chi connectivity index (χ1n) is 8.05. The van der Waals surface area contributed by atoms with Gasteiger partial charge in [0, 0.05) is 23.8 Å². The lowest BCUT2D eigenvalue weighted by Crippen LogP contribution is -2.65. The smallest absolute Gasteiger partial charge is 0.334 e. The normalized spacial score (nSPS) is 49.2. The molecule has 2 aliphatic carbocycles. The Morgan fingerprint density at radius 1 is 1.43 bits per heavy atom. The fraction of sp³-hybridized carbons (Fsp3) is 0.765. The summed E-state index contributed by atoms with van der Waals surface area (Å²) in [5.41, 5.74) is -1.49. The number of aliphatic hydroxyl groups is 2. The third kappa shape index (κ3) is 2.31. The summed E-state index contributed by atoms with van der Waals surface area (Å²) < 4.78 is 10.9. The van der Waals surface area contributed by atoms with Gasteiger partial charge in [-0.3, -0.25) is 4.79 Å². The maximum atomic E-state index is 12.0. The first kappa shape index (κ1) is 16.5. The Morgan fingerprint density at radius 2 is 2.09 bits per heavy atom. The van der Waals surface area contributed by atoms with Crippen molar-refractivity contribution < 1.29 is 29.3 Å². The average molecular weight is 324 g/mol. The molecule has 0 amide bonds. The molecule has 3 fully saturated rings. The first-order chi connectivity index (χ1) is 10.6. The quantitative estimate of drug-likeness (QED) is 0.551. The number of carbonyl (C=O) groups excluding carboxylic acids is 2. The second-order valence-corrected chi connectivity index (χ2v) is 7.67. The molecule has 0 aromatic carbocycles. The zero-order chi connectivity index (χ0) is 17.2. The summed E-state index contributed by atoms with van der Waals surface area (Å²) >= 11 is 0. The van der Waals surface area contributed by atoms with Crippen LogP contribution in [0.4, 0.5) is 0 Å². The van der Waals surface area contributed by atoms with E-state index < -0.39 is 53.1 Å². The molecule has 0 radical (unpaired) electrons. The van der Waals surface area contributed by atoms with Crippen LogP contribution in [0.3, 0.4) is 0 Å². The van der Waals surface area contributed by atoms with Crippen molar-refractivity contribution in [2.24, 2.45) is 17.3 Å². The van der Waals surface area contributed by atoms with Crippen molar-refractivity contribution in [1.29, 1.82) is 0 Å². The van der Waals surface area contributed by atoms with Crippen LogP contribution in [0, 0.1) is 17.3 Å². The van der Waals surface area contributed by atoms with Gasteiger partial charge in [-0.15, -0.1) is 0 Å². The Kier molecular flexibility index (Phi) is 3.61. The molecular formula is C17H24O6. The van der Waals surface area contributed by atoms with Crippen LogP contribution in [0.5, 0.6) is 0 Å². The van der Waals surface area contributed by atoms with E-state index in [1.165, 1.54) is 6.92 Å². The standard InChI is InChI=1S/C17H24O6/c1-8-12-10(22-9(2)18)7-16(3)11(19)5-6-17(4,21)14(16)13(12)23-15(8)20/h10-14,19,21H,1,5-7H2,2-4H3. The number of rotatable bonds is 1. The monoisotopic (exact) mass is 324 g/mol. The zero-order valence-corrected chi connectivity index (χ0v) is 13.7. The summed E-state index contributed by atoms with van der Waals surface area (Å²) in [7, 11) is 0. The van der Waals surface area contributed by atoms with Gasteiger partial charge in [0.2, 0.25) is 0 Å². The predicted molar refractivity (Wildman–Crippen MR) is 80.1 cm³/mol. The highest BCUT2D eigenvalue weighted by atomic mass is 16.6. The Labute approximate surface area is 135 Å². The minimum Gasteiger partial charge on any atom is -0.462 e. The molecule has 0 aromatic heterocycles. The molecule has 0 aromatic rings. The highest BCUT2D eigenvalue weighted by molar-refractivity contribution is 5.91. The van der Waals surface area contributed by atoms with E-state index in [9.17, 15) is 19.8 Å². The summed E-state index contributed by atoms with van der Waals surface area (Å²) in [6.07, 6.45) is -0.617. The number of ether oxygens (including phenoxy) is 2. The summed E-state index contributed by atoms with van der Waals surface area (Å²) in [6.45, 7) is 8.71. The van der Waals surface area contributed by atoms with Crippen LogP contribution in [-0.4, -0.2) is 46.1 Å². The van der Waals surface area contributed by atoms with E-state index in [-0.39, 0.29) is 5.57 Å². The molecule has 2 saturated carbocycles. The van der Waals surface area contributed by atoms with Crippen molar-refractivity contribution in [3.05, 3.63) is 12.2 Å². The number of aliphatic hydroxyl groups excluding tert-OH is 1. The lowest BCUT2D eigenvalue weighted by molar-refractivity contribution is -0.231. The van der Waals surface area contributed by atoms with E-state index in [0.717, 1.165) is 0 Å². The van der Waals surface area contributed by atoms with Gasteiger partial charge < -0.3 is 19.7 Å². The van der Waals surface area contributed by atoms with Crippen LogP contribution in [0.2, 0.25) is 0 Å². The van der Waals surface area contributed by atoms with E-state index in [4.69, 9.17) is 9.47 Å². The van der Waals surface area contributed by atoms with Crippen LogP contribution < -0.4 is 0 Å². The SMILES string of the molecule is C=C1C(=O)OC2C1C(OC(C)=O)CC1(C)C(O)CCC(C)(O)C21. The van der Waals surface area contributed by atoms with Crippen LogP contribution in [0.25, 0.3) is 0 Å². The van der Waals surface area contributed by atoms with Gasteiger partial charge in [-0.05, 0) is 26.2 Å². The van der Waals surface area contributed by atoms with E-state index in [2.05, 4.69) is 6.58 Å². The number of hydrogen-bond donors (Lipinski definition) is 2. The minimum absolute atomic E-state index is 0.277. The fourth-order valence-corrected chi connectivity index (χ4v) is 5.03. The molecule has 1 aliphatic heterocycles. The lowest BCUT2D eigenvalue weighted by atomic mass is 9.50. The first-order valence-corrected chi connectivity index (χ1v) is 8.05. The van der Waals surface area contributed by atoms with Gasteiger partial charge in [0.15, 0.2) is 0 Å². The Hall–Kier alpha value is -1.40. The van der Waals surface area contributed by atoms with Gasteiger partial charge in [-0.1, -0.05) is 13.5 Å². The third-order valence-electron chi connectivity index (χ3n) is 6.01. The molecule has 6 nitrogen and oxygen atoms in total. The minimum atomic E-state index is -1.07. The molecule has 23 heavy (non-hydrogen) atoms. The van der Waals surface area contributed by atoms with Gasteiger partial charge in [-0.25, -0.2) is 4.79 Å². The second-order valence-electron chi connectivity index (χ2n) is 7.67. The maximum Gasteiger partial charge on any atom is 0.334 e. The van der Waals surface area contributed by atoms with Crippen molar-refractivity contribution in [2.45, 2.75) is 63.9 Å². The molecule has 0 spiro atoms. The zero-order valence-electron chi connectivity index (χ0n) is 13.7. The van der Waals surface area contributed by atoms with Gasteiger partial charge in [0.1, 0.15) is 12.2 Å². The predicted octanol–water partition coefficient (Wildman–Crippen LogP) is 0.948. The van der Waals surface area contributed by atoms with Crippen LogP contribution >= 0.6 is 0 Å². The highest BCUT2D eigenvalue weighted by Crippen LogP contribution is 2.59. The lowest BCUT2D eigenvalue weighted by Gasteiger charge is -2.58. The van der Waals surface area contributed by atoms with Crippen LogP contribution in [-0.2, 0) is 19.1 Å². The van der Waals surface area contributed by atoms with E-state index >= 15 is 0 Å². The molecule has 6 heteroatoms. The number of esters is 2. The third-order valence-corrected chi connectivity index (χ3v) is 6.01. The van der Waals surface area contributed by atoms with E-state index in [1.54, 1.807) is 6.92 Å². The largest absolute Gasteiger partial charge is 0.462 e. The molecule has 3 aliphatic rings. The number of carbonyl (C=O) groups is 2. The van der Waals surface area contributed by atoms with Crippen molar-refractivity contribution in [3.63, 3.8) is 0 Å². The van der Waals surface area contributed by atoms with E-state index in [1.807, 2.05) is 6.92 Å². The fourth-order valence-electron chi connectivity index (χ4n) is 5.03. The van der Waals surface area contributed by atoms with Gasteiger partial charge in [-0.2, -0.15) is 0 Å². The molecule has 3 rings (SSSR count). The van der Waals surface area contributed by atoms with Gasteiger partial charge >= 0.3 is 11.9 Å². The van der Waals surface area contributed by atoms with Crippen LogP contribution in [0.15, 0.2) is 12.2 Å². The van der Waals surface area contributed by atoms with Crippen molar-refractivity contribution in [2.75, 3.05) is 0 Å². The number of fused-ring (bicyclic) bond motifs is 3. The van der Waals surface area contributed by atoms with Crippen molar-refractivity contribution in [1.82, 2.24) is 0 Å². The summed E-state index contributed by atoms with van der Waals surface area (Å²) in [6, 6.07) is 0. The molecule has 7 unspecified atom stereocenters. The molecule has 1 saturated heterocycles. The van der Waals surface area contributed by atoms with E-state index in [0.29, 0.717) is 19.3 Å². The molecule has 1 heterocycles. The Morgan fingerprint density at radius 3 is 2.70 bits per heavy atom. The van der Waals surface area contributed by atoms with Crippen LogP contribution in [0.1, 0.15) is 40.0 Å². The van der Waals surface area contributed by atoms with Gasteiger partial charge in [0.05, 0.1) is 17.6 Å². The molecule has 128 valence electrons. The van der Waals surface area contributed by atoms with Gasteiger partial charge in [0.25, 0.3) is 0 Å². The molecule has 7 atom stereocenters. The Bertz CT molecular complexity index is 567.